The van der Waals surface area contributed by atoms with Gasteiger partial charge in [-0.3, -0.25) is 14.9 Å². The normalized spacial score (nSPS) is 34.5. The lowest BCUT2D eigenvalue weighted by atomic mass is 9.53. The number of terminal acetylenes is 1. The lowest BCUT2D eigenvalue weighted by molar-refractivity contribution is -0.507. The topological polar surface area (TPSA) is 69.4 Å². The molecule has 2 aliphatic carbocycles. The fourth-order valence-corrected chi connectivity index (χ4v) is 4.11. The molecular formula is C16H23NO4. The molecule has 2 rings (SSSR count). The number of hydrogen-bond acceptors (Lipinski definition) is 4. The standard InChI is InChI=1S/C16H23NO4/c1-5-11-6-12-8-16(10-17(19)20,13(12)7-11)9-14(18)21-15(2,3)4/h1,11-13H,6-10H2,2-4H3/t11-,12-,13-,16-/m1/s1. The number of esters is 1. The predicted octanol–water partition coefficient (Wildman–Crippen LogP) is 2.66. The summed E-state index contributed by atoms with van der Waals surface area (Å²) in [5, 5.41) is 11.0. The van der Waals surface area contributed by atoms with Crippen molar-refractivity contribution in [3.8, 4) is 12.3 Å². The van der Waals surface area contributed by atoms with Crippen molar-refractivity contribution in [3.63, 3.8) is 0 Å². The van der Waals surface area contributed by atoms with Gasteiger partial charge in [-0.1, -0.05) is 0 Å². The molecule has 2 aliphatic rings. The Balaban J connectivity index is 2.08. The highest BCUT2D eigenvalue weighted by Gasteiger charge is 2.61. The monoisotopic (exact) mass is 293 g/mol. The molecule has 5 nitrogen and oxygen atoms in total. The molecule has 0 aromatic heterocycles. The second-order valence-electron chi connectivity index (χ2n) is 7.52. The van der Waals surface area contributed by atoms with E-state index in [4.69, 9.17) is 11.2 Å². The second-order valence-corrected chi connectivity index (χ2v) is 7.52. The van der Waals surface area contributed by atoms with Crippen molar-refractivity contribution < 1.29 is 14.5 Å². The molecule has 116 valence electrons. The zero-order chi connectivity index (χ0) is 15.8. The highest BCUT2D eigenvalue weighted by Crippen LogP contribution is 2.62. The van der Waals surface area contributed by atoms with E-state index in [-0.39, 0.29) is 35.7 Å². The van der Waals surface area contributed by atoms with Crippen molar-refractivity contribution in [1.82, 2.24) is 0 Å². The average Bonchev–Trinajstić information content (AvgIpc) is 2.63. The fourth-order valence-electron chi connectivity index (χ4n) is 4.11. The van der Waals surface area contributed by atoms with Crippen LogP contribution < -0.4 is 0 Å². The maximum atomic E-state index is 12.1. The molecule has 0 N–H and O–H groups in total. The zero-order valence-electron chi connectivity index (χ0n) is 12.9. The van der Waals surface area contributed by atoms with E-state index < -0.39 is 11.0 Å². The third-order valence-electron chi connectivity index (χ3n) is 4.75. The molecule has 21 heavy (non-hydrogen) atoms. The Labute approximate surface area is 125 Å². The van der Waals surface area contributed by atoms with Crippen LogP contribution in [-0.2, 0) is 9.53 Å². The first-order chi connectivity index (χ1) is 9.65. The Hall–Kier alpha value is -1.57. The van der Waals surface area contributed by atoms with Crippen molar-refractivity contribution in [2.45, 2.75) is 52.1 Å². The van der Waals surface area contributed by atoms with Crippen LogP contribution in [0.4, 0.5) is 0 Å². The van der Waals surface area contributed by atoms with Crippen LogP contribution in [0.2, 0.25) is 0 Å². The lowest BCUT2D eigenvalue weighted by Gasteiger charge is -2.49. The highest BCUT2D eigenvalue weighted by molar-refractivity contribution is 5.71. The van der Waals surface area contributed by atoms with Gasteiger partial charge in [-0.2, -0.15) is 0 Å². The van der Waals surface area contributed by atoms with Crippen molar-refractivity contribution in [2.75, 3.05) is 6.54 Å². The molecule has 0 amide bonds. The van der Waals surface area contributed by atoms with Crippen molar-refractivity contribution in [1.29, 1.82) is 0 Å². The molecule has 0 unspecified atom stereocenters. The van der Waals surface area contributed by atoms with Gasteiger partial charge in [0.25, 0.3) is 0 Å². The molecule has 0 aliphatic heterocycles. The van der Waals surface area contributed by atoms with Crippen LogP contribution in [0.5, 0.6) is 0 Å². The summed E-state index contributed by atoms with van der Waals surface area (Å²) in [4.78, 5) is 22.8. The van der Waals surface area contributed by atoms with Crippen LogP contribution in [0.15, 0.2) is 0 Å². The van der Waals surface area contributed by atoms with Crippen LogP contribution in [0.25, 0.3) is 0 Å². The van der Waals surface area contributed by atoms with Gasteiger partial charge in [0.05, 0.1) is 6.42 Å². The van der Waals surface area contributed by atoms with Gasteiger partial charge in [-0.25, -0.2) is 0 Å². The van der Waals surface area contributed by atoms with Crippen molar-refractivity contribution in [2.24, 2.45) is 23.2 Å². The summed E-state index contributed by atoms with van der Waals surface area (Å²) < 4.78 is 5.35. The van der Waals surface area contributed by atoms with Crippen LogP contribution in [0.1, 0.15) is 46.5 Å². The summed E-state index contributed by atoms with van der Waals surface area (Å²) in [5.74, 6) is 3.25. The number of nitrogens with zero attached hydrogens (tertiary/aromatic N) is 1. The Morgan fingerprint density at radius 3 is 2.67 bits per heavy atom. The quantitative estimate of drug-likeness (QED) is 0.346. The first-order valence-corrected chi connectivity index (χ1v) is 7.45. The molecular weight excluding hydrogens is 270 g/mol. The molecule has 0 radical (unpaired) electrons. The van der Waals surface area contributed by atoms with Gasteiger partial charge in [0.1, 0.15) is 5.60 Å². The summed E-state index contributed by atoms with van der Waals surface area (Å²) in [7, 11) is 0. The maximum absolute atomic E-state index is 12.1. The second kappa shape index (κ2) is 5.32. The van der Waals surface area contributed by atoms with Gasteiger partial charge in [-0.15, -0.1) is 12.3 Å². The molecule has 0 aromatic rings. The molecule has 0 heterocycles. The van der Waals surface area contributed by atoms with Gasteiger partial charge < -0.3 is 4.74 Å². The van der Waals surface area contributed by atoms with Crippen LogP contribution in [0, 0.1) is 45.6 Å². The molecule has 5 heteroatoms. The molecule has 0 bridgehead atoms. The Morgan fingerprint density at radius 2 is 2.14 bits per heavy atom. The Morgan fingerprint density at radius 1 is 1.48 bits per heavy atom. The first kappa shape index (κ1) is 15.8. The summed E-state index contributed by atoms with van der Waals surface area (Å²) in [6.45, 7) is 5.25. The van der Waals surface area contributed by atoms with E-state index in [0.29, 0.717) is 5.92 Å². The summed E-state index contributed by atoms with van der Waals surface area (Å²) in [6, 6.07) is 0. The number of nitro groups is 1. The minimum Gasteiger partial charge on any atom is -0.460 e. The third-order valence-corrected chi connectivity index (χ3v) is 4.75. The first-order valence-electron chi connectivity index (χ1n) is 7.45. The SMILES string of the molecule is C#C[C@@H]1C[C@@H]2C[C@@](CC(=O)OC(C)(C)C)(C[N+](=O)[O-])[C@@H]2C1. The lowest BCUT2D eigenvalue weighted by Crippen LogP contribution is -2.51. The van der Waals surface area contributed by atoms with Crippen LogP contribution >= 0.6 is 0 Å². The molecule has 0 saturated heterocycles. The van der Waals surface area contributed by atoms with E-state index in [2.05, 4.69) is 5.92 Å². The number of ether oxygens (including phenoxy) is 1. The Kier molecular flexibility index (Phi) is 4.01. The fraction of sp³-hybridized carbons (Fsp3) is 0.812. The predicted molar refractivity (Wildman–Crippen MR) is 77.9 cm³/mol. The minimum absolute atomic E-state index is 0.129. The van der Waals surface area contributed by atoms with E-state index in [0.717, 1.165) is 19.3 Å². The molecule has 4 atom stereocenters. The van der Waals surface area contributed by atoms with Crippen LogP contribution in [-0.4, -0.2) is 23.0 Å². The van der Waals surface area contributed by atoms with Crippen LogP contribution in [0.3, 0.4) is 0 Å². The molecule has 2 saturated carbocycles. The van der Waals surface area contributed by atoms with Gasteiger partial charge in [0.2, 0.25) is 6.54 Å². The summed E-state index contributed by atoms with van der Waals surface area (Å²) in [5.41, 5.74) is -1.12. The molecule has 0 aromatic carbocycles. The van der Waals surface area contributed by atoms with Gasteiger partial charge in [-0.05, 0) is 51.9 Å². The van der Waals surface area contributed by atoms with E-state index in [1.54, 1.807) is 20.8 Å². The largest absolute Gasteiger partial charge is 0.460 e. The zero-order valence-corrected chi connectivity index (χ0v) is 12.9. The summed E-state index contributed by atoms with van der Waals surface area (Å²) in [6.07, 6.45) is 8.07. The minimum atomic E-state index is -0.562. The third kappa shape index (κ3) is 3.37. The number of carbonyl (C=O) groups is 1. The Bertz CT molecular complexity index is 487. The number of carbonyl (C=O) groups excluding carboxylic acids is 1. The van der Waals surface area contributed by atoms with Gasteiger partial charge in [0, 0.05) is 16.3 Å². The van der Waals surface area contributed by atoms with E-state index in [9.17, 15) is 14.9 Å². The van der Waals surface area contributed by atoms with E-state index >= 15 is 0 Å². The van der Waals surface area contributed by atoms with E-state index in [1.165, 1.54) is 0 Å². The smallest absolute Gasteiger partial charge is 0.307 e. The molecule has 2 fully saturated rings. The van der Waals surface area contributed by atoms with Gasteiger partial charge in [0.15, 0.2) is 0 Å². The molecule has 0 spiro atoms. The maximum Gasteiger partial charge on any atom is 0.307 e. The van der Waals surface area contributed by atoms with E-state index in [1.807, 2.05) is 0 Å². The number of hydrogen-bond donors (Lipinski definition) is 0. The number of rotatable bonds is 4. The van der Waals surface area contributed by atoms with Crippen molar-refractivity contribution in [3.05, 3.63) is 10.1 Å². The highest BCUT2D eigenvalue weighted by atomic mass is 16.6. The number of fused-ring (bicyclic) bond motifs is 1. The van der Waals surface area contributed by atoms with Crippen molar-refractivity contribution >= 4 is 5.97 Å². The summed E-state index contributed by atoms with van der Waals surface area (Å²) >= 11 is 0. The van der Waals surface area contributed by atoms with Gasteiger partial charge >= 0.3 is 5.97 Å². The average molecular weight is 293 g/mol.